The summed E-state index contributed by atoms with van der Waals surface area (Å²) in [7, 11) is 0. The number of fused-ring (bicyclic) bond motifs is 5. The van der Waals surface area contributed by atoms with Gasteiger partial charge in [0.15, 0.2) is 17.5 Å². The average Bonchev–Trinajstić information content (AvgIpc) is 3.31. The number of benzene rings is 6. The lowest BCUT2D eigenvalue weighted by Crippen LogP contribution is -2.01. The van der Waals surface area contributed by atoms with Gasteiger partial charge in [-0.05, 0) is 64.7 Å². The zero-order valence-corrected chi connectivity index (χ0v) is 31.0. The Kier molecular flexibility index (Phi) is 8.00. The number of pyridine rings is 4. The third-order valence-electron chi connectivity index (χ3n) is 10.6. The summed E-state index contributed by atoms with van der Waals surface area (Å²) in [4.78, 5) is 34.1. The summed E-state index contributed by atoms with van der Waals surface area (Å²) in [5.41, 5.74) is 12.5. The van der Waals surface area contributed by atoms with Gasteiger partial charge in [0.1, 0.15) is 5.69 Å². The normalized spacial score (nSPS) is 11.4. The van der Waals surface area contributed by atoms with Gasteiger partial charge in [-0.3, -0.25) is 9.97 Å². The van der Waals surface area contributed by atoms with Gasteiger partial charge >= 0.3 is 0 Å². The SMILES string of the molecule is c1ccc(-c2nc(-c3ccccc3)nc(-c3ccc4ccc(-c5ccc6nc(-c7ccc(-c8ccnc9c8ccc8cccnc89)cc7)ccc6c5)cc4n3)n2)cc1. The van der Waals surface area contributed by atoms with Crippen molar-refractivity contribution in [2.45, 2.75) is 0 Å². The molecule has 0 amide bonds. The third kappa shape index (κ3) is 6.08. The fourth-order valence-corrected chi connectivity index (χ4v) is 7.64. The monoisotopic (exact) mass is 741 g/mol. The van der Waals surface area contributed by atoms with Gasteiger partial charge < -0.3 is 0 Å². The number of aromatic nitrogens is 7. The Morgan fingerprint density at radius 2 is 0.897 bits per heavy atom. The first-order valence-electron chi connectivity index (χ1n) is 19.1. The highest BCUT2D eigenvalue weighted by Crippen LogP contribution is 2.34. The van der Waals surface area contributed by atoms with Gasteiger partial charge in [-0.2, -0.15) is 0 Å². The summed E-state index contributed by atoms with van der Waals surface area (Å²) in [6, 6.07) is 60.0. The van der Waals surface area contributed by atoms with Crippen LogP contribution in [-0.2, 0) is 0 Å². The van der Waals surface area contributed by atoms with Crippen molar-refractivity contribution in [2.75, 3.05) is 0 Å². The standard InChI is InChI=1S/C51H31N7/c1-3-8-36(9-4-1)49-56-50(37-10-5-2-6-11-37)58-51(57-49)45-26-20-34-17-18-39(31-46(34)55-45)38-21-24-44-40(30-38)22-25-43(54-44)33-15-13-32(14-16-33)41-27-29-53-48-42(41)23-19-35-12-7-28-52-47(35)48/h1-31H. The second-order valence-electron chi connectivity index (χ2n) is 14.2. The van der Waals surface area contributed by atoms with Crippen LogP contribution in [0.2, 0.25) is 0 Å². The van der Waals surface area contributed by atoms with Crippen LogP contribution in [0.15, 0.2) is 188 Å². The minimum atomic E-state index is 0.527. The maximum Gasteiger partial charge on any atom is 0.182 e. The van der Waals surface area contributed by atoms with Crippen LogP contribution in [0.5, 0.6) is 0 Å². The van der Waals surface area contributed by atoms with Crippen LogP contribution >= 0.6 is 0 Å². The summed E-state index contributed by atoms with van der Waals surface area (Å²) in [6.45, 7) is 0. The summed E-state index contributed by atoms with van der Waals surface area (Å²) in [6.07, 6.45) is 3.69. The summed E-state index contributed by atoms with van der Waals surface area (Å²) < 4.78 is 0. The van der Waals surface area contributed by atoms with Crippen LogP contribution in [0.25, 0.3) is 111 Å². The van der Waals surface area contributed by atoms with E-state index in [0.29, 0.717) is 23.2 Å². The van der Waals surface area contributed by atoms with Crippen LogP contribution in [0.4, 0.5) is 0 Å². The molecule has 7 nitrogen and oxygen atoms in total. The van der Waals surface area contributed by atoms with E-state index in [0.717, 1.165) is 88.2 Å². The molecule has 0 atom stereocenters. The molecule has 0 aliphatic rings. The van der Waals surface area contributed by atoms with E-state index < -0.39 is 0 Å². The minimum absolute atomic E-state index is 0.527. The molecular formula is C51H31N7. The van der Waals surface area contributed by atoms with Gasteiger partial charge in [-0.1, -0.05) is 133 Å². The van der Waals surface area contributed by atoms with Crippen LogP contribution in [-0.4, -0.2) is 34.9 Å². The zero-order valence-electron chi connectivity index (χ0n) is 31.0. The smallest absolute Gasteiger partial charge is 0.182 e. The van der Waals surface area contributed by atoms with E-state index in [1.807, 2.05) is 85.2 Å². The fraction of sp³-hybridized carbons (Fsp3) is 0. The van der Waals surface area contributed by atoms with E-state index >= 15 is 0 Å². The lowest BCUT2D eigenvalue weighted by molar-refractivity contribution is 1.06. The Morgan fingerprint density at radius 1 is 0.293 bits per heavy atom. The van der Waals surface area contributed by atoms with E-state index in [1.165, 1.54) is 0 Å². The number of hydrogen-bond acceptors (Lipinski definition) is 7. The van der Waals surface area contributed by atoms with Gasteiger partial charge in [0.25, 0.3) is 0 Å². The van der Waals surface area contributed by atoms with Crippen molar-refractivity contribution in [3.8, 4) is 67.8 Å². The molecule has 0 spiro atoms. The Morgan fingerprint density at radius 3 is 1.69 bits per heavy atom. The first-order valence-corrected chi connectivity index (χ1v) is 19.1. The predicted molar refractivity (Wildman–Crippen MR) is 234 cm³/mol. The van der Waals surface area contributed by atoms with Crippen LogP contribution in [0.3, 0.4) is 0 Å². The summed E-state index contributed by atoms with van der Waals surface area (Å²) in [5, 5.41) is 4.27. The molecule has 5 heterocycles. The van der Waals surface area contributed by atoms with E-state index in [-0.39, 0.29) is 0 Å². The summed E-state index contributed by atoms with van der Waals surface area (Å²) in [5.74, 6) is 1.74. The minimum Gasteiger partial charge on any atom is -0.254 e. The van der Waals surface area contributed by atoms with Crippen molar-refractivity contribution in [3.63, 3.8) is 0 Å². The van der Waals surface area contributed by atoms with Crippen molar-refractivity contribution in [1.82, 2.24) is 34.9 Å². The molecule has 58 heavy (non-hydrogen) atoms. The molecule has 0 N–H and O–H groups in total. The first kappa shape index (κ1) is 33.3. The van der Waals surface area contributed by atoms with Gasteiger partial charge in [0, 0.05) is 50.6 Å². The molecule has 5 aromatic heterocycles. The number of hydrogen-bond donors (Lipinski definition) is 0. The zero-order chi connectivity index (χ0) is 38.4. The Bertz CT molecular complexity index is 3270. The predicted octanol–water partition coefficient (Wildman–Crippen LogP) is 12.1. The van der Waals surface area contributed by atoms with Crippen molar-refractivity contribution in [3.05, 3.63) is 188 Å². The van der Waals surface area contributed by atoms with Crippen LogP contribution in [0, 0.1) is 0 Å². The van der Waals surface area contributed by atoms with E-state index in [4.69, 9.17) is 24.9 Å². The van der Waals surface area contributed by atoms with Crippen LogP contribution in [0.1, 0.15) is 0 Å². The average molecular weight is 742 g/mol. The molecule has 0 fully saturated rings. The molecule has 0 aliphatic carbocycles. The van der Waals surface area contributed by atoms with Crippen molar-refractivity contribution in [2.24, 2.45) is 0 Å². The molecule has 0 saturated carbocycles. The van der Waals surface area contributed by atoms with E-state index in [9.17, 15) is 0 Å². The quantitative estimate of drug-likeness (QED) is 0.157. The molecule has 270 valence electrons. The Balaban J connectivity index is 0.896. The molecule has 0 radical (unpaired) electrons. The molecule has 0 unspecified atom stereocenters. The molecule has 0 bridgehead atoms. The van der Waals surface area contributed by atoms with Crippen molar-refractivity contribution in [1.29, 1.82) is 0 Å². The topological polar surface area (TPSA) is 90.2 Å². The molecule has 11 aromatic rings. The Labute approximate surface area is 333 Å². The largest absolute Gasteiger partial charge is 0.254 e. The lowest BCUT2D eigenvalue weighted by Gasteiger charge is -2.10. The maximum absolute atomic E-state index is 5.09. The fourth-order valence-electron chi connectivity index (χ4n) is 7.64. The van der Waals surface area contributed by atoms with Gasteiger partial charge in [-0.25, -0.2) is 24.9 Å². The highest BCUT2D eigenvalue weighted by Gasteiger charge is 2.15. The highest BCUT2D eigenvalue weighted by atomic mass is 15.0. The van der Waals surface area contributed by atoms with Crippen molar-refractivity contribution < 1.29 is 0 Å². The van der Waals surface area contributed by atoms with E-state index in [2.05, 4.69) is 113 Å². The Hall–Kier alpha value is -8.03. The highest BCUT2D eigenvalue weighted by molar-refractivity contribution is 6.08. The van der Waals surface area contributed by atoms with Gasteiger partial charge in [0.2, 0.25) is 0 Å². The number of nitrogens with zero attached hydrogens (tertiary/aromatic N) is 7. The molecule has 6 aromatic carbocycles. The van der Waals surface area contributed by atoms with E-state index in [1.54, 1.807) is 0 Å². The van der Waals surface area contributed by atoms with Gasteiger partial charge in [0.05, 0.1) is 27.8 Å². The van der Waals surface area contributed by atoms with Gasteiger partial charge in [-0.15, -0.1) is 0 Å². The third-order valence-corrected chi connectivity index (χ3v) is 10.6. The van der Waals surface area contributed by atoms with Crippen LogP contribution < -0.4 is 0 Å². The maximum atomic E-state index is 5.09. The molecule has 0 saturated heterocycles. The first-order chi connectivity index (χ1) is 28.7. The summed E-state index contributed by atoms with van der Waals surface area (Å²) >= 11 is 0. The molecule has 7 heteroatoms. The second-order valence-corrected chi connectivity index (χ2v) is 14.2. The number of rotatable bonds is 6. The lowest BCUT2D eigenvalue weighted by atomic mass is 9.98. The molecule has 0 aliphatic heterocycles. The van der Waals surface area contributed by atoms with Crippen molar-refractivity contribution >= 4 is 43.6 Å². The second kappa shape index (κ2) is 13.9. The molecular weight excluding hydrogens is 711 g/mol. The molecule has 11 rings (SSSR count).